The number of halogens is 1. The summed E-state index contributed by atoms with van der Waals surface area (Å²) in [6.07, 6.45) is 1.99. The number of carbonyl (C=O) groups is 2. The predicted octanol–water partition coefficient (Wildman–Crippen LogP) is 1.98. The molecule has 1 aromatic carbocycles. The van der Waals surface area contributed by atoms with E-state index in [0.29, 0.717) is 18.1 Å². The molecular weight excluding hydrogens is 304 g/mol. The van der Waals surface area contributed by atoms with Gasteiger partial charge in [0.05, 0.1) is 12.6 Å². The summed E-state index contributed by atoms with van der Waals surface area (Å²) in [6, 6.07) is 7.35. The molecule has 5 nitrogen and oxygen atoms in total. The molecule has 1 fully saturated rings. The maximum absolute atomic E-state index is 12.0. The number of hydrogen-bond acceptors (Lipinski definition) is 3. The van der Waals surface area contributed by atoms with Crippen LogP contribution in [0.25, 0.3) is 0 Å². The van der Waals surface area contributed by atoms with Gasteiger partial charge in [-0.05, 0) is 24.5 Å². The largest absolute Gasteiger partial charge is 0.376 e. The fraction of sp³-hybridized carbons (Fsp3) is 0.500. The second kappa shape index (κ2) is 8.15. The number of amides is 2. The Hall–Kier alpha value is -1.59. The molecule has 0 bridgehead atoms. The number of ether oxygens (including phenoxy) is 1. The summed E-state index contributed by atoms with van der Waals surface area (Å²) in [5.41, 5.74) is 0.853. The zero-order chi connectivity index (χ0) is 15.9. The molecule has 120 valence electrons. The SMILES string of the molecule is CC(=O)N(CC(=O)NCc1ccccc1Cl)CC1CCCO1. The van der Waals surface area contributed by atoms with E-state index in [1.165, 1.54) is 11.8 Å². The summed E-state index contributed by atoms with van der Waals surface area (Å²) in [6.45, 7) is 3.06. The standard InChI is InChI=1S/C16H21ClN2O3/c1-12(20)19(10-14-6-4-8-22-14)11-16(21)18-9-13-5-2-3-7-15(13)17/h2-3,5,7,14H,4,6,8-11H2,1H3,(H,18,21). The van der Waals surface area contributed by atoms with E-state index in [-0.39, 0.29) is 24.5 Å². The quantitative estimate of drug-likeness (QED) is 0.870. The van der Waals surface area contributed by atoms with Crippen molar-refractivity contribution in [2.24, 2.45) is 0 Å². The second-order valence-electron chi connectivity index (χ2n) is 5.40. The van der Waals surface area contributed by atoms with E-state index in [0.717, 1.165) is 25.0 Å². The van der Waals surface area contributed by atoms with Crippen LogP contribution in [-0.2, 0) is 20.9 Å². The number of nitrogens with one attached hydrogen (secondary N) is 1. The molecular formula is C16H21ClN2O3. The van der Waals surface area contributed by atoms with Gasteiger partial charge in [0.1, 0.15) is 0 Å². The molecule has 6 heteroatoms. The Bertz CT molecular complexity index is 530. The summed E-state index contributed by atoms with van der Waals surface area (Å²) in [5, 5.41) is 3.41. The lowest BCUT2D eigenvalue weighted by Gasteiger charge is -2.23. The highest BCUT2D eigenvalue weighted by molar-refractivity contribution is 6.31. The minimum atomic E-state index is -0.201. The number of benzene rings is 1. The Balaban J connectivity index is 1.83. The number of nitrogens with zero attached hydrogens (tertiary/aromatic N) is 1. The van der Waals surface area contributed by atoms with Crippen molar-refractivity contribution in [3.05, 3.63) is 34.9 Å². The predicted molar refractivity (Wildman–Crippen MR) is 84.5 cm³/mol. The van der Waals surface area contributed by atoms with Crippen LogP contribution >= 0.6 is 11.6 Å². The summed E-state index contributed by atoms with van der Waals surface area (Å²) in [5.74, 6) is -0.323. The van der Waals surface area contributed by atoms with Crippen molar-refractivity contribution in [1.82, 2.24) is 10.2 Å². The van der Waals surface area contributed by atoms with Gasteiger partial charge in [0.2, 0.25) is 11.8 Å². The zero-order valence-corrected chi connectivity index (χ0v) is 13.4. The van der Waals surface area contributed by atoms with Crippen molar-refractivity contribution in [3.8, 4) is 0 Å². The maximum Gasteiger partial charge on any atom is 0.239 e. The van der Waals surface area contributed by atoms with E-state index in [4.69, 9.17) is 16.3 Å². The molecule has 0 aliphatic carbocycles. The Kier molecular flexibility index (Phi) is 6.21. The summed E-state index contributed by atoms with van der Waals surface area (Å²) < 4.78 is 5.52. The molecule has 2 rings (SSSR count). The van der Waals surface area contributed by atoms with Crippen LogP contribution in [0.4, 0.5) is 0 Å². The van der Waals surface area contributed by atoms with E-state index in [1.54, 1.807) is 6.07 Å². The third-order valence-corrected chi connectivity index (χ3v) is 4.03. The minimum Gasteiger partial charge on any atom is -0.376 e. The molecule has 22 heavy (non-hydrogen) atoms. The van der Waals surface area contributed by atoms with Gasteiger partial charge in [-0.15, -0.1) is 0 Å². The molecule has 0 spiro atoms. The van der Waals surface area contributed by atoms with Crippen LogP contribution < -0.4 is 5.32 Å². The number of carbonyl (C=O) groups excluding carboxylic acids is 2. The molecule has 1 atom stereocenters. The molecule has 1 aromatic rings. The molecule has 0 radical (unpaired) electrons. The lowest BCUT2D eigenvalue weighted by molar-refractivity contribution is -0.135. The van der Waals surface area contributed by atoms with Gasteiger partial charge < -0.3 is 15.0 Å². The first-order valence-corrected chi connectivity index (χ1v) is 7.81. The molecule has 1 saturated heterocycles. The van der Waals surface area contributed by atoms with E-state index in [2.05, 4.69) is 5.32 Å². The van der Waals surface area contributed by atoms with Crippen LogP contribution in [0.15, 0.2) is 24.3 Å². The summed E-state index contributed by atoms with van der Waals surface area (Å²) in [7, 11) is 0. The van der Waals surface area contributed by atoms with Gasteiger partial charge in [0.15, 0.2) is 0 Å². The van der Waals surface area contributed by atoms with Gasteiger partial charge in [-0.2, -0.15) is 0 Å². The van der Waals surface area contributed by atoms with Crippen molar-refractivity contribution < 1.29 is 14.3 Å². The normalized spacial score (nSPS) is 17.3. The Morgan fingerprint density at radius 2 is 2.18 bits per heavy atom. The van der Waals surface area contributed by atoms with Crippen molar-refractivity contribution in [2.45, 2.75) is 32.4 Å². The van der Waals surface area contributed by atoms with Crippen molar-refractivity contribution in [3.63, 3.8) is 0 Å². The summed E-state index contributed by atoms with van der Waals surface area (Å²) in [4.78, 5) is 25.2. The van der Waals surface area contributed by atoms with Gasteiger partial charge in [0, 0.05) is 31.6 Å². The molecule has 1 aliphatic rings. The van der Waals surface area contributed by atoms with E-state index >= 15 is 0 Å². The molecule has 1 heterocycles. The van der Waals surface area contributed by atoms with Crippen LogP contribution in [0, 0.1) is 0 Å². The van der Waals surface area contributed by atoms with Crippen LogP contribution in [0.3, 0.4) is 0 Å². The monoisotopic (exact) mass is 324 g/mol. The highest BCUT2D eigenvalue weighted by atomic mass is 35.5. The van der Waals surface area contributed by atoms with Crippen molar-refractivity contribution in [1.29, 1.82) is 0 Å². The zero-order valence-electron chi connectivity index (χ0n) is 12.7. The van der Waals surface area contributed by atoms with Gasteiger partial charge in [-0.3, -0.25) is 9.59 Å². The third kappa shape index (κ3) is 5.00. The fourth-order valence-electron chi connectivity index (χ4n) is 2.40. The topological polar surface area (TPSA) is 58.6 Å². The third-order valence-electron chi connectivity index (χ3n) is 3.66. The Morgan fingerprint density at radius 1 is 1.41 bits per heavy atom. The first-order chi connectivity index (χ1) is 10.6. The van der Waals surface area contributed by atoms with Gasteiger partial charge >= 0.3 is 0 Å². The van der Waals surface area contributed by atoms with Gasteiger partial charge in [-0.1, -0.05) is 29.8 Å². The first kappa shape index (κ1) is 16.8. The number of hydrogen-bond donors (Lipinski definition) is 1. The molecule has 1 N–H and O–H groups in total. The molecule has 0 aromatic heterocycles. The van der Waals surface area contributed by atoms with Crippen molar-refractivity contribution in [2.75, 3.05) is 19.7 Å². The minimum absolute atomic E-state index is 0.0413. The average Bonchev–Trinajstić information content (AvgIpc) is 2.98. The summed E-state index contributed by atoms with van der Waals surface area (Å²) >= 11 is 6.04. The van der Waals surface area contributed by atoms with E-state index in [9.17, 15) is 9.59 Å². The van der Waals surface area contributed by atoms with Gasteiger partial charge in [-0.25, -0.2) is 0 Å². The molecule has 2 amide bonds. The molecule has 0 saturated carbocycles. The van der Waals surface area contributed by atoms with Crippen LogP contribution in [0.5, 0.6) is 0 Å². The highest BCUT2D eigenvalue weighted by Crippen LogP contribution is 2.15. The highest BCUT2D eigenvalue weighted by Gasteiger charge is 2.22. The lowest BCUT2D eigenvalue weighted by Crippen LogP contribution is -2.43. The van der Waals surface area contributed by atoms with Crippen LogP contribution in [0.2, 0.25) is 5.02 Å². The number of rotatable bonds is 6. The smallest absolute Gasteiger partial charge is 0.239 e. The van der Waals surface area contributed by atoms with Gasteiger partial charge in [0.25, 0.3) is 0 Å². The van der Waals surface area contributed by atoms with E-state index < -0.39 is 0 Å². The Labute approximate surface area is 135 Å². The van der Waals surface area contributed by atoms with Crippen molar-refractivity contribution >= 4 is 23.4 Å². The first-order valence-electron chi connectivity index (χ1n) is 7.43. The lowest BCUT2D eigenvalue weighted by atomic mass is 10.2. The fourth-order valence-corrected chi connectivity index (χ4v) is 2.61. The van der Waals surface area contributed by atoms with Crippen LogP contribution in [0.1, 0.15) is 25.3 Å². The maximum atomic E-state index is 12.0. The Morgan fingerprint density at radius 3 is 2.82 bits per heavy atom. The van der Waals surface area contributed by atoms with E-state index in [1.807, 2.05) is 18.2 Å². The average molecular weight is 325 g/mol. The molecule has 1 unspecified atom stereocenters. The molecule has 1 aliphatic heterocycles. The van der Waals surface area contributed by atoms with Crippen LogP contribution in [-0.4, -0.2) is 42.5 Å². The second-order valence-corrected chi connectivity index (χ2v) is 5.81.